The van der Waals surface area contributed by atoms with Crippen molar-refractivity contribution in [3.63, 3.8) is 0 Å². The van der Waals surface area contributed by atoms with Crippen LogP contribution in [0.5, 0.6) is 5.75 Å². The molecule has 0 spiro atoms. The highest BCUT2D eigenvalue weighted by atomic mass is 32.1. The minimum atomic E-state index is -0.281. The standard InChI is InChI=1S/C17H14FNO2S/c1-21-15-5-2-11(8-12(15)10-20)3-7-17-19-14-9-13(18)4-6-16(14)22-17/h2-9,20H,10H2,1H3. The molecule has 0 aliphatic carbocycles. The highest BCUT2D eigenvalue weighted by Crippen LogP contribution is 2.25. The molecule has 5 heteroatoms. The number of thiazole rings is 1. The Balaban J connectivity index is 1.89. The highest BCUT2D eigenvalue weighted by Gasteiger charge is 2.04. The van der Waals surface area contributed by atoms with Crippen molar-refractivity contribution in [1.29, 1.82) is 0 Å². The molecule has 0 aliphatic rings. The van der Waals surface area contributed by atoms with E-state index in [-0.39, 0.29) is 12.4 Å². The molecule has 0 unspecified atom stereocenters. The zero-order valence-electron chi connectivity index (χ0n) is 11.9. The van der Waals surface area contributed by atoms with Crippen molar-refractivity contribution in [2.75, 3.05) is 7.11 Å². The summed E-state index contributed by atoms with van der Waals surface area (Å²) in [6.45, 7) is -0.0781. The molecule has 0 radical (unpaired) electrons. The summed E-state index contributed by atoms with van der Waals surface area (Å²) in [5, 5.41) is 10.1. The van der Waals surface area contributed by atoms with Gasteiger partial charge in [0.15, 0.2) is 0 Å². The van der Waals surface area contributed by atoms with Crippen molar-refractivity contribution < 1.29 is 14.2 Å². The lowest BCUT2D eigenvalue weighted by Gasteiger charge is -2.06. The fourth-order valence-electron chi connectivity index (χ4n) is 2.18. The van der Waals surface area contributed by atoms with Crippen molar-refractivity contribution >= 4 is 33.7 Å². The summed E-state index contributed by atoms with van der Waals surface area (Å²) < 4.78 is 19.3. The Morgan fingerprint density at radius 2 is 2.09 bits per heavy atom. The molecule has 3 nitrogen and oxygen atoms in total. The lowest BCUT2D eigenvalue weighted by molar-refractivity contribution is 0.274. The second kappa shape index (κ2) is 6.25. The smallest absolute Gasteiger partial charge is 0.125 e. The topological polar surface area (TPSA) is 42.4 Å². The second-order valence-corrected chi connectivity index (χ2v) is 5.79. The largest absolute Gasteiger partial charge is 0.496 e. The number of fused-ring (bicyclic) bond motifs is 1. The first kappa shape index (κ1) is 14.7. The van der Waals surface area contributed by atoms with Crippen LogP contribution in [-0.2, 0) is 6.61 Å². The Labute approximate surface area is 131 Å². The molecule has 0 atom stereocenters. The summed E-state index contributed by atoms with van der Waals surface area (Å²) in [7, 11) is 1.57. The predicted octanol–water partition coefficient (Wildman–Crippen LogP) is 4.11. The van der Waals surface area contributed by atoms with Crippen molar-refractivity contribution in [2.45, 2.75) is 6.61 Å². The molecule has 2 aromatic carbocycles. The number of aliphatic hydroxyl groups excluding tert-OH is 1. The lowest BCUT2D eigenvalue weighted by Crippen LogP contribution is -1.92. The molecule has 1 aromatic heterocycles. The van der Waals surface area contributed by atoms with Crippen LogP contribution in [0.15, 0.2) is 36.4 Å². The normalized spacial score (nSPS) is 11.4. The molecule has 0 amide bonds. The first-order chi connectivity index (χ1) is 10.7. The van der Waals surface area contributed by atoms with Gasteiger partial charge >= 0.3 is 0 Å². The third-order valence-electron chi connectivity index (χ3n) is 3.26. The van der Waals surface area contributed by atoms with E-state index in [1.165, 1.54) is 23.5 Å². The van der Waals surface area contributed by atoms with E-state index in [0.717, 1.165) is 20.8 Å². The number of aromatic nitrogens is 1. The van der Waals surface area contributed by atoms with E-state index in [4.69, 9.17) is 4.74 Å². The van der Waals surface area contributed by atoms with E-state index in [0.29, 0.717) is 11.3 Å². The quantitative estimate of drug-likeness (QED) is 0.788. The number of rotatable bonds is 4. The van der Waals surface area contributed by atoms with Crippen molar-refractivity contribution in [2.24, 2.45) is 0 Å². The Kier molecular flexibility index (Phi) is 4.18. The SMILES string of the molecule is COc1ccc(C=Cc2nc3cc(F)ccc3s2)cc1CO. The molecule has 3 aromatic rings. The molecule has 0 aliphatic heterocycles. The third-order valence-corrected chi connectivity index (χ3v) is 4.26. The summed E-state index contributed by atoms with van der Waals surface area (Å²) in [6, 6.07) is 10.2. The molecule has 1 N–H and O–H groups in total. The summed E-state index contributed by atoms with van der Waals surface area (Å²) in [4.78, 5) is 4.38. The average molecular weight is 315 g/mol. The van der Waals surface area contributed by atoms with Gasteiger partial charge in [-0.2, -0.15) is 0 Å². The maximum Gasteiger partial charge on any atom is 0.125 e. The molecule has 0 bridgehead atoms. The number of hydrogen-bond acceptors (Lipinski definition) is 4. The van der Waals surface area contributed by atoms with E-state index in [9.17, 15) is 9.50 Å². The van der Waals surface area contributed by atoms with Crippen LogP contribution in [0.25, 0.3) is 22.4 Å². The fourth-order valence-corrected chi connectivity index (χ4v) is 3.03. The number of methoxy groups -OCH3 is 1. The Morgan fingerprint density at radius 3 is 2.86 bits per heavy atom. The summed E-state index contributed by atoms with van der Waals surface area (Å²) in [5.41, 5.74) is 2.33. The van der Waals surface area contributed by atoms with Crippen LogP contribution in [0.4, 0.5) is 4.39 Å². The van der Waals surface area contributed by atoms with E-state index >= 15 is 0 Å². The number of nitrogens with zero attached hydrogens (tertiary/aromatic N) is 1. The fraction of sp³-hybridized carbons (Fsp3) is 0.118. The molecule has 1 heterocycles. The third kappa shape index (κ3) is 3.00. The van der Waals surface area contributed by atoms with Crippen LogP contribution >= 0.6 is 11.3 Å². The van der Waals surface area contributed by atoms with E-state index in [1.54, 1.807) is 13.2 Å². The van der Waals surface area contributed by atoms with Gasteiger partial charge in [-0.3, -0.25) is 0 Å². The maximum absolute atomic E-state index is 13.2. The number of ether oxygens (including phenoxy) is 1. The van der Waals surface area contributed by atoms with Crippen LogP contribution in [0.2, 0.25) is 0 Å². The van der Waals surface area contributed by atoms with Gasteiger partial charge in [-0.25, -0.2) is 9.37 Å². The first-order valence-corrected chi connectivity index (χ1v) is 7.53. The number of aliphatic hydroxyl groups is 1. The van der Waals surface area contributed by atoms with Gasteiger partial charge in [0.25, 0.3) is 0 Å². The Hall–Kier alpha value is -2.24. The molecule has 0 fully saturated rings. The van der Waals surface area contributed by atoms with Crippen LogP contribution in [0.3, 0.4) is 0 Å². The van der Waals surface area contributed by atoms with E-state index in [2.05, 4.69) is 4.98 Å². The molecule has 3 rings (SSSR count). The van der Waals surface area contributed by atoms with Gasteiger partial charge in [-0.1, -0.05) is 12.1 Å². The molecular formula is C17H14FNO2S. The number of benzene rings is 2. The zero-order valence-corrected chi connectivity index (χ0v) is 12.7. The highest BCUT2D eigenvalue weighted by molar-refractivity contribution is 7.19. The molecule has 0 saturated heterocycles. The maximum atomic E-state index is 13.2. The second-order valence-electron chi connectivity index (χ2n) is 4.73. The number of hydrogen-bond donors (Lipinski definition) is 1. The Morgan fingerprint density at radius 1 is 1.23 bits per heavy atom. The van der Waals surface area contributed by atoms with Gasteiger partial charge in [-0.15, -0.1) is 11.3 Å². The van der Waals surface area contributed by atoms with Gasteiger partial charge in [0.05, 0.1) is 23.9 Å². The van der Waals surface area contributed by atoms with Crippen molar-refractivity contribution in [3.8, 4) is 5.75 Å². The van der Waals surface area contributed by atoms with Gasteiger partial charge in [0.1, 0.15) is 16.6 Å². The minimum Gasteiger partial charge on any atom is -0.496 e. The van der Waals surface area contributed by atoms with E-state index < -0.39 is 0 Å². The lowest BCUT2D eigenvalue weighted by atomic mass is 10.1. The van der Waals surface area contributed by atoms with Crippen LogP contribution in [0, 0.1) is 5.82 Å². The summed E-state index contributed by atoms with van der Waals surface area (Å²) >= 11 is 1.50. The molecular weight excluding hydrogens is 301 g/mol. The van der Waals surface area contributed by atoms with Gasteiger partial charge in [-0.05, 0) is 35.9 Å². The van der Waals surface area contributed by atoms with Crippen LogP contribution in [0.1, 0.15) is 16.1 Å². The first-order valence-electron chi connectivity index (χ1n) is 6.71. The van der Waals surface area contributed by atoms with E-state index in [1.807, 2.05) is 30.4 Å². The van der Waals surface area contributed by atoms with Gasteiger partial charge in [0, 0.05) is 11.6 Å². The van der Waals surface area contributed by atoms with Crippen LogP contribution < -0.4 is 4.74 Å². The predicted molar refractivity (Wildman–Crippen MR) is 87.4 cm³/mol. The summed E-state index contributed by atoms with van der Waals surface area (Å²) in [5.74, 6) is 0.381. The zero-order chi connectivity index (χ0) is 15.5. The summed E-state index contributed by atoms with van der Waals surface area (Å²) in [6.07, 6.45) is 3.79. The molecule has 112 valence electrons. The Bertz CT molecular complexity index is 842. The van der Waals surface area contributed by atoms with Gasteiger partial charge < -0.3 is 9.84 Å². The van der Waals surface area contributed by atoms with Crippen molar-refractivity contribution in [1.82, 2.24) is 4.98 Å². The van der Waals surface area contributed by atoms with Crippen molar-refractivity contribution in [3.05, 3.63) is 58.3 Å². The molecule has 22 heavy (non-hydrogen) atoms. The van der Waals surface area contributed by atoms with Gasteiger partial charge in [0.2, 0.25) is 0 Å². The van der Waals surface area contributed by atoms with Crippen LogP contribution in [-0.4, -0.2) is 17.2 Å². The average Bonchev–Trinajstić information content (AvgIpc) is 2.94. The number of halogens is 1. The monoisotopic (exact) mass is 315 g/mol. The molecule has 0 saturated carbocycles. The minimum absolute atomic E-state index is 0.0781.